The van der Waals surface area contributed by atoms with Gasteiger partial charge in [0, 0.05) is 12.3 Å². The average Bonchev–Trinajstić information content (AvgIpc) is 3.20. The first-order valence-electron chi connectivity index (χ1n) is 9.83. The molecule has 0 aliphatic heterocycles. The molecule has 1 amide bonds. The van der Waals surface area contributed by atoms with E-state index in [4.69, 9.17) is 9.47 Å². The summed E-state index contributed by atoms with van der Waals surface area (Å²) in [4.78, 5) is 29.6. The van der Waals surface area contributed by atoms with Gasteiger partial charge >= 0.3 is 12.1 Å². The Morgan fingerprint density at radius 3 is 2.39 bits per heavy atom. The van der Waals surface area contributed by atoms with Gasteiger partial charge < -0.3 is 9.47 Å². The number of aromatic nitrogens is 1. The first-order valence-corrected chi connectivity index (χ1v) is 10.7. The van der Waals surface area contributed by atoms with Crippen LogP contribution < -0.4 is 9.64 Å². The lowest BCUT2D eigenvalue weighted by Gasteiger charge is -2.19. The van der Waals surface area contributed by atoms with Crippen LogP contribution in [0.2, 0.25) is 0 Å². The van der Waals surface area contributed by atoms with Gasteiger partial charge in [-0.05, 0) is 43.2 Å². The van der Waals surface area contributed by atoms with Crippen LogP contribution in [0.3, 0.4) is 0 Å². The standard InChI is InChI=1S/C23H21F3N2O4S/c1-14-6-4-7-15(2)21(14)32-12-20(30)31-11-18-13-33-22(27-18)28(16(3)29)19-9-5-8-17(10-19)23(24,25)26/h4-10,13H,11-12H2,1-3H3. The summed E-state index contributed by atoms with van der Waals surface area (Å²) in [5.74, 6) is -0.494. The topological polar surface area (TPSA) is 68.7 Å². The minimum Gasteiger partial charge on any atom is -0.481 e. The van der Waals surface area contributed by atoms with E-state index in [9.17, 15) is 22.8 Å². The second kappa shape index (κ2) is 10.0. The van der Waals surface area contributed by atoms with Gasteiger partial charge in [0.1, 0.15) is 12.4 Å². The van der Waals surface area contributed by atoms with Crippen LogP contribution in [0.25, 0.3) is 0 Å². The highest BCUT2D eigenvalue weighted by molar-refractivity contribution is 7.14. The summed E-state index contributed by atoms with van der Waals surface area (Å²) in [6, 6.07) is 10.1. The molecule has 0 saturated carbocycles. The molecule has 0 atom stereocenters. The van der Waals surface area contributed by atoms with Gasteiger partial charge in [-0.2, -0.15) is 13.2 Å². The van der Waals surface area contributed by atoms with E-state index >= 15 is 0 Å². The quantitative estimate of drug-likeness (QED) is 0.415. The summed E-state index contributed by atoms with van der Waals surface area (Å²) < 4.78 is 49.9. The van der Waals surface area contributed by atoms with Crippen molar-refractivity contribution in [1.29, 1.82) is 0 Å². The molecule has 0 radical (unpaired) electrons. The zero-order valence-electron chi connectivity index (χ0n) is 18.1. The van der Waals surface area contributed by atoms with Gasteiger partial charge in [0.25, 0.3) is 0 Å². The van der Waals surface area contributed by atoms with Crippen LogP contribution >= 0.6 is 11.3 Å². The summed E-state index contributed by atoms with van der Waals surface area (Å²) in [5, 5.41) is 1.73. The monoisotopic (exact) mass is 478 g/mol. The van der Waals surface area contributed by atoms with Crippen LogP contribution in [0.5, 0.6) is 5.75 Å². The fourth-order valence-corrected chi connectivity index (χ4v) is 3.94. The molecule has 0 saturated heterocycles. The summed E-state index contributed by atoms with van der Waals surface area (Å²) in [6.07, 6.45) is -4.54. The molecule has 0 aliphatic carbocycles. The Morgan fingerprint density at radius 2 is 1.76 bits per heavy atom. The van der Waals surface area contributed by atoms with Crippen molar-refractivity contribution in [3.8, 4) is 5.75 Å². The van der Waals surface area contributed by atoms with Crippen LogP contribution in [0.1, 0.15) is 29.3 Å². The SMILES string of the molecule is CC(=O)N(c1cccc(C(F)(F)F)c1)c1nc(COC(=O)COc2c(C)cccc2C)cs1. The predicted molar refractivity (Wildman–Crippen MR) is 118 cm³/mol. The molecule has 0 fully saturated rings. The Balaban J connectivity index is 1.65. The second-order valence-electron chi connectivity index (χ2n) is 7.19. The van der Waals surface area contributed by atoms with Crippen LogP contribution in [0.4, 0.5) is 24.0 Å². The highest BCUT2D eigenvalue weighted by Crippen LogP contribution is 2.35. The average molecular weight is 478 g/mol. The molecular weight excluding hydrogens is 457 g/mol. The number of nitrogens with zero attached hydrogens (tertiary/aromatic N) is 2. The molecule has 0 aliphatic rings. The molecule has 0 spiro atoms. The van der Waals surface area contributed by atoms with Crippen molar-refractivity contribution in [2.75, 3.05) is 11.5 Å². The molecule has 0 bridgehead atoms. The number of aryl methyl sites for hydroxylation is 2. The molecule has 33 heavy (non-hydrogen) atoms. The summed E-state index contributed by atoms with van der Waals surface area (Å²) in [6.45, 7) is 4.52. The van der Waals surface area contributed by atoms with Gasteiger partial charge in [-0.1, -0.05) is 24.3 Å². The number of hydrogen-bond acceptors (Lipinski definition) is 6. The van der Waals surface area contributed by atoms with Crippen molar-refractivity contribution in [2.24, 2.45) is 0 Å². The Kier molecular flexibility index (Phi) is 7.37. The number of alkyl halides is 3. The van der Waals surface area contributed by atoms with Gasteiger partial charge in [0.2, 0.25) is 5.91 Å². The molecule has 0 unspecified atom stereocenters. The van der Waals surface area contributed by atoms with Crippen LogP contribution in [0, 0.1) is 13.8 Å². The van der Waals surface area contributed by atoms with Crippen molar-refractivity contribution in [3.63, 3.8) is 0 Å². The van der Waals surface area contributed by atoms with E-state index in [1.54, 1.807) is 5.38 Å². The minimum absolute atomic E-state index is 0.0391. The Morgan fingerprint density at radius 1 is 1.09 bits per heavy atom. The number of esters is 1. The van der Waals surface area contributed by atoms with Gasteiger partial charge in [0.05, 0.1) is 16.9 Å². The fraction of sp³-hybridized carbons (Fsp3) is 0.261. The number of thiazole rings is 1. The summed E-state index contributed by atoms with van der Waals surface area (Å²) in [7, 11) is 0. The number of hydrogen-bond donors (Lipinski definition) is 0. The van der Waals surface area contributed by atoms with Crippen molar-refractivity contribution < 1.29 is 32.2 Å². The molecule has 6 nitrogen and oxygen atoms in total. The van der Waals surface area contributed by atoms with Crippen molar-refractivity contribution in [3.05, 3.63) is 70.2 Å². The van der Waals surface area contributed by atoms with E-state index in [0.717, 1.165) is 39.5 Å². The van der Waals surface area contributed by atoms with E-state index < -0.39 is 23.6 Å². The van der Waals surface area contributed by atoms with E-state index in [1.807, 2.05) is 32.0 Å². The number of amides is 1. The second-order valence-corrected chi connectivity index (χ2v) is 8.03. The maximum Gasteiger partial charge on any atom is 0.416 e. The van der Waals surface area contributed by atoms with Crippen LogP contribution in [0.15, 0.2) is 47.8 Å². The first kappa shape index (κ1) is 24.2. The van der Waals surface area contributed by atoms with Gasteiger partial charge in [0.15, 0.2) is 11.7 Å². The maximum atomic E-state index is 13.1. The molecule has 3 aromatic rings. The molecule has 1 aromatic heterocycles. The van der Waals surface area contributed by atoms with Gasteiger partial charge in [-0.15, -0.1) is 11.3 Å². The Labute approximate surface area is 192 Å². The zero-order chi connectivity index (χ0) is 24.2. The van der Waals surface area contributed by atoms with E-state index in [-0.39, 0.29) is 24.0 Å². The Hall–Kier alpha value is -3.40. The largest absolute Gasteiger partial charge is 0.481 e. The van der Waals surface area contributed by atoms with Crippen LogP contribution in [-0.4, -0.2) is 23.5 Å². The number of anilines is 2. The third kappa shape index (κ3) is 6.10. The van der Waals surface area contributed by atoms with Crippen molar-refractivity contribution in [2.45, 2.75) is 33.6 Å². The summed E-state index contributed by atoms with van der Waals surface area (Å²) in [5.41, 5.74) is 1.31. The molecule has 174 valence electrons. The smallest absolute Gasteiger partial charge is 0.416 e. The lowest BCUT2D eigenvalue weighted by molar-refractivity contribution is -0.147. The highest BCUT2D eigenvalue weighted by Gasteiger charge is 2.31. The highest BCUT2D eigenvalue weighted by atomic mass is 32.1. The summed E-state index contributed by atoms with van der Waals surface area (Å²) >= 11 is 1.05. The third-order valence-corrected chi connectivity index (χ3v) is 5.48. The number of ether oxygens (including phenoxy) is 2. The number of rotatable bonds is 7. The minimum atomic E-state index is -4.54. The first-order chi connectivity index (χ1) is 15.6. The molecule has 10 heteroatoms. The molecule has 2 aromatic carbocycles. The normalized spacial score (nSPS) is 11.2. The molecular formula is C23H21F3N2O4S. The number of carbonyl (C=O) groups is 2. The lowest BCUT2D eigenvalue weighted by atomic mass is 10.1. The maximum absolute atomic E-state index is 13.1. The van der Waals surface area contributed by atoms with E-state index in [2.05, 4.69) is 4.98 Å². The predicted octanol–water partition coefficient (Wildman–Crippen LogP) is 5.59. The molecule has 3 rings (SSSR count). The lowest BCUT2D eigenvalue weighted by Crippen LogP contribution is -2.23. The number of benzene rings is 2. The van der Waals surface area contributed by atoms with Gasteiger partial charge in [-0.3, -0.25) is 9.69 Å². The fourth-order valence-electron chi connectivity index (χ4n) is 3.07. The number of halogens is 3. The molecule has 1 heterocycles. The van der Waals surface area contributed by atoms with E-state index in [1.165, 1.54) is 19.1 Å². The van der Waals surface area contributed by atoms with Crippen LogP contribution in [-0.2, 0) is 27.1 Å². The zero-order valence-corrected chi connectivity index (χ0v) is 18.9. The third-order valence-electron chi connectivity index (χ3n) is 4.60. The van der Waals surface area contributed by atoms with Crippen molar-refractivity contribution in [1.82, 2.24) is 4.98 Å². The van der Waals surface area contributed by atoms with E-state index in [0.29, 0.717) is 11.4 Å². The van der Waals surface area contributed by atoms with Crippen molar-refractivity contribution >= 4 is 34.0 Å². The number of para-hydroxylation sites is 1. The van der Waals surface area contributed by atoms with Gasteiger partial charge in [-0.25, -0.2) is 9.78 Å². The Bertz CT molecular complexity index is 1140. The molecule has 0 N–H and O–H groups in total. The number of carbonyl (C=O) groups excluding carboxylic acids is 2.